The quantitative estimate of drug-likeness (QED) is 0.518. The van der Waals surface area contributed by atoms with Crippen molar-refractivity contribution in [3.8, 4) is 0 Å². The molecule has 0 heterocycles. The third-order valence-corrected chi connectivity index (χ3v) is 1.73. The third kappa shape index (κ3) is 3.80. The number of aliphatic hydroxyl groups is 3. The standard InChI is InChI=1S/C8H16O4/c1-5(3-7(11)4-9)8(12)6(2)10/h5-7,9-11H,3-4H2,1-2H3. The Morgan fingerprint density at radius 1 is 1.33 bits per heavy atom. The van der Waals surface area contributed by atoms with E-state index in [9.17, 15) is 4.79 Å². The lowest BCUT2D eigenvalue weighted by atomic mass is 9.96. The van der Waals surface area contributed by atoms with Crippen molar-refractivity contribution in [2.75, 3.05) is 6.61 Å². The Morgan fingerprint density at radius 2 is 1.83 bits per heavy atom. The van der Waals surface area contributed by atoms with Crippen LogP contribution in [0.2, 0.25) is 0 Å². The van der Waals surface area contributed by atoms with E-state index >= 15 is 0 Å². The zero-order valence-electron chi connectivity index (χ0n) is 7.40. The molecule has 3 atom stereocenters. The second-order valence-electron chi connectivity index (χ2n) is 3.05. The monoisotopic (exact) mass is 176 g/mol. The topological polar surface area (TPSA) is 77.8 Å². The summed E-state index contributed by atoms with van der Waals surface area (Å²) in [4.78, 5) is 11.1. The summed E-state index contributed by atoms with van der Waals surface area (Å²) in [5.74, 6) is -0.713. The molecular weight excluding hydrogens is 160 g/mol. The molecule has 3 unspecified atom stereocenters. The lowest BCUT2D eigenvalue weighted by Gasteiger charge is -2.14. The van der Waals surface area contributed by atoms with Gasteiger partial charge in [0, 0.05) is 5.92 Å². The van der Waals surface area contributed by atoms with Crippen LogP contribution >= 0.6 is 0 Å². The molecule has 0 aromatic heterocycles. The van der Waals surface area contributed by atoms with Crippen molar-refractivity contribution in [2.45, 2.75) is 32.5 Å². The largest absolute Gasteiger partial charge is 0.394 e. The molecule has 0 amide bonds. The van der Waals surface area contributed by atoms with Gasteiger partial charge in [0.25, 0.3) is 0 Å². The summed E-state index contributed by atoms with van der Waals surface area (Å²) in [5, 5.41) is 26.3. The normalized spacial score (nSPS) is 18.4. The zero-order chi connectivity index (χ0) is 9.72. The van der Waals surface area contributed by atoms with Crippen LogP contribution in [0.1, 0.15) is 20.3 Å². The molecule has 0 rings (SSSR count). The number of rotatable bonds is 5. The first-order valence-corrected chi connectivity index (χ1v) is 3.99. The van der Waals surface area contributed by atoms with Crippen LogP contribution in [-0.4, -0.2) is 39.9 Å². The van der Waals surface area contributed by atoms with Gasteiger partial charge in [-0.15, -0.1) is 0 Å². The van der Waals surface area contributed by atoms with Crippen molar-refractivity contribution in [1.82, 2.24) is 0 Å². The SMILES string of the molecule is CC(O)C(=O)C(C)CC(O)CO. The highest BCUT2D eigenvalue weighted by molar-refractivity contribution is 5.84. The van der Waals surface area contributed by atoms with Gasteiger partial charge in [0.2, 0.25) is 0 Å². The van der Waals surface area contributed by atoms with Crippen LogP contribution in [0.3, 0.4) is 0 Å². The maximum Gasteiger partial charge on any atom is 0.163 e. The Balaban J connectivity index is 3.86. The van der Waals surface area contributed by atoms with Crippen LogP contribution in [-0.2, 0) is 4.79 Å². The first-order valence-electron chi connectivity index (χ1n) is 3.99. The van der Waals surface area contributed by atoms with Gasteiger partial charge in [-0.05, 0) is 13.3 Å². The van der Waals surface area contributed by atoms with Gasteiger partial charge in [0.1, 0.15) is 6.10 Å². The summed E-state index contributed by atoms with van der Waals surface area (Å²) in [5.41, 5.74) is 0. The highest BCUT2D eigenvalue weighted by Crippen LogP contribution is 2.09. The second kappa shape index (κ2) is 5.24. The molecule has 0 aliphatic heterocycles. The molecule has 4 heteroatoms. The number of hydrogen-bond acceptors (Lipinski definition) is 4. The van der Waals surface area contributed by atoms with Crippen LogP contribution in [0.15, 0.2) is 0 Å². The van der Waals surface area contributed by atoms with Crippen molar-refractivity contribution < 1.29 is 20.1 Å². The number of hydrogen-bond donors (Lipinski definition) is 3. The molecule has 0 aliphatic rings. The first kappa shape index (κ1) is 11.6. The summed E-state index contributed by atoms with van der Waals surface area (Å²) in [7, 11) is 0. The van der Waals surface area contributed by atoms with Gasteiger partial charge in [0.15, 0.2) is 5.78 Å². The fourth-order valence-electron chi connectivity index (χ4n) is 1.01. The predicted molar refractivity (Wildman–Crippen MR) is 43.6 cm³/mol. The molecule has 0 spiro atoms. The van der Waals surface area contributed by atoms with Crippen LogP contribution < -0.4 is 0 Å². The molecule has 0 aromatic rings. The molecular formula is C8H16O4. The minimum absolute atomic E-state index is 0.195. The molecule has 72 valence electrons. The van der Waals surface area contributed by atoms with Gasteiger partial charge in [-0.25, -0.2) is 0 Å². The predicted octanol–water partition coefficient (Wildman–Crippen LogP) is -0.684. The molecule has 3 N–H and O–H groups in total. The van der Waals surface area contributed by atoms with Gasteiger partial charge in [-0.2, -0.15) is 0 Å². The second-order valence-corrected chi connectivity index (χ2v) is 3.05. The van der Waals surface area contributed by atoms with Crippen molar-refractivity contribution in [2.24, 2.45) is 5.92 Å². The molecule has 0 saturated carbocycles. The van der Waals surface area contributed by atoms with E-state index in [4.69, 9.17) is 15.3 Å². The summed E-state index contributed by atoms with van der Waals surface area (Å²) in [6.45, 7) is 2.66. The van der Waals surface area contributed by atoms with E-state index < -0.39 is 18.1 Å². The number of aliphatic hydroxyl groups excluding tert-OH is 3. The Bertz CT molecular complexity index is 144. The van der Waals surface area contributed by atoms with Crippen LogP contribution in [0.4, 0.5) is 0 Å². The average Bonchev–Trinajstić information content (AvgIpc) is 2.02. The zero-order valence-corrected chi connectivity index (χ0v) is 7.40. The van der Waals surface area contributed by atoms with Crippen molar-refractivity contribution in [1.29, 1.82) is 0 Å². The van der Waals surface area contributed by atoms with Crippen LogP contribution in [0.25, 0.3) is 0 Å². The van der Waals surface area contributed by atoms with E-state index in [0.29, 0.717) is 0 Å². The minimum Gasteiger partial charge on any atom is -0.394 e. The highest BCUT2D eigenvalue weighted by atomic mass is 16.3. The fourth-order valence-corrected chi connectivity index (χ4v) is 1.01. The molecule has 0 radical (unpaired) electrons. The van der Waals surface area contributed by atoms with E-state index in [1.54, 1.807) is 6.92 Å². The van der Waals surface area contributed by atoms with Crippen LogP contribution in [0.5, 0.6) is 0 Å². The molecule has 0 aliphatic carbocycles. The fraction of sp³-hybridized carbons (Fsp3) is 0.875. The number of ketones is 1. The Kier molecular flexibility index (Phi) is 5.04. The molecule has 0 bridgehead atoms. The van der Waals surface area contributed by atoms with Crippen molar-refractivity contribution in [3.63, 3.8) is 0 Å². The maximum absolute atomic E-state index is 11.1. The lowest BCUT2D eigenvalue weighted by molar-refractivity contribution is -0.130. The summed E-state index contributed by atoms with van der Waals surface area (Å²) in [6, 6.07) is 0. The Labute approximate surface area is 71.8 Å². The minimum atomic E-state index is -0.995. The Hall–Kier alpha value is -0.450. The Morgan fingerprint density at radius 3 is 2.17 bits per heavy atom. The van der Waals surface area contributed by atoms with E-state index in [-0.39, 0.29) is 18.8 Å². The van der Waals surface area contributed by atoms with Gasteiger partial charge in [0.05, 0.1) is 12.7 Å². The van der Waals surface area contributed by atoms with Gasteiger partial charge < -0.3 is 15.3 Å². The molecule has 0 fully saturated rings. The lowest BCUT2D eigenvalue weighted by Crippen LogP contribution is -2.27. The molecule has 4 nitrogen and oxygen atoms in total. The third-order valence-electron chi connectivity index (χ3n) is 1.73. The smallest absolute Gasteiger partial charge is 0.163 e. The van der Waals surface area contributed by atoms with Gasteiger partial charge >= 0.3 is 0 Å². The van der Waals surface area contributed by atoms with Gasteiger partial charge in [-0.1, -0.05) is 6.92 Å². The number of carbonyl (C=O) groups is 1. The van der Waals surface area contributed by atoms with E-state index in [0.717, 1.165) is 0 Å². The van der Waals surface area contributed by atoms with E-state index in [1.165, 1.54) is 6.92 Å². The summed E-state index contributed by atoms with van der Waals surface area (Å²) >= 11 is 0. The van der Waals surface area contributed by atoms with Crippen molar-refractivity contribution in [3.05, 3.63) is 0 Å². The van der Waals surface area contributed by atoms with Crippen molar-refractivity contribution >= 4 is 5.78 Å². The average molecular weight is 176 g/mol. The van der Waals surface area contributed by atoms with Crippen LogP contribution in [0, 0.1) is 5.92 Å². The summed E-state index contributed by atoms with van der Waals surface area (Å²) < 4.78 is 0. The van der Waals surface area contributed by atoms with Gasteiger partial charge in [-0.3, -0.25) is 4.79 Å². The molecule has 0 aromatic carbocycles. The molecule has 0 saturated heterocycles. The van der Waals surface area contributed by atoms with E-state index in [2.05, 4.69) is 0 Å². The highest BCUT2D eigenvalue weighted by Gasteiger charge is 2.20. The summed E-state index contributed by atoms with van der Waals surface area (Å²) in [6.07, 6.45) is -1.67. The maximum atomic E-state index is 11.1. The molecule has 12 heavy (non-hydrogen) atoms. The number of carbonyl (C=O) groups excluding carboxylic acids is 1. The number of Topliss-reactive ketones (excluding diaryl/α,β-unsaturated/α-hetero) is 1. The first-order chi connectivity index (χ1) is 5.49. The van der Waals surface area contributed by atoms with E-state index in [1.807, 2.05) is 0 Å².